The monoisotopic (exact) mass is 325 g/mol. The van der Waals surface area contributed by atoms with E-state index in [4.69, 9.17) is 11.6 Å². The first-order chi connectivity index (χ1) is 11.2. The van der Waals surface area contributed by atoms with Crippen molar-refractivity contribution in [3.63, 3.8) is 0 Å². The molecular weight excluding hydrogens is 306 g/mol. The standard InChI is InChI=1S/C19H20ClN3/c1-3-22-17-11-10-15(20)14-18(17)23(4-2)19(22)12-13-21-16-8-6-5-7-9-16/h5-14H,3-4H2,1-2H3/b19-12+,21-13?. The topological polar surface area (TPSA) is 18.8 Å². The van der Waals surface area contributed by atoms with Gasteiger partial charge < -0.3 is 9.80 Å². The van der Waals surface area contributed by atoms with Crippen LogP contribution >= 0.6 is 11.6 Å². The summed E-state index contributed by atoms with van der Waals surface area (Å²) in [7, 11) is 0. The molecule has 1 aliphatic rings. The van der Waals surface area contributed by atoms with Crippen LogP contribution in [0.5, 0.6) is 0 Å². The summed E-state index contributed by atoms with van der Waals surface area (Å²) in [4.78, 5) is 9.06. The molecule has 0 spiro atoms. The van der Waals surface area contributed by atoms with Gasteiger partial charge in [-0.05, 0) is 50.3 Å². The molecule has 0 fully saturated rings. The van der Waals surface area contributed by atoms with Gasteiger partial charge in [-0.15, -0.1) is 0 Å². The van der Waals surface area contributed by atoms with E-state index >= 15 is 0 Å². The second-order valence-corrected chi connectivity index (χ2v) is 5.70. The number of hydrogen-bond acceptors (Lipinski definition) is 3. The maximum absolute atomic E-state index is 6.18. The smallest absolute Gasteiger partial charge is 0.115 e. The number of hydrogen-bond donors (Lipinski definition) is 0. The van der Waals surface area contributed by atoms with Crippen molar-refractivity contribution >= 4 is 34.9 Å². The minimum atomic E-state index is 0.762. The Morgan fingerprint density at radius 2 is 1.65 bits per heavy atom. The van der Waals surface area contributed by atoms with Crippen LogP contribution in [0.1, 0.15) is 13.8 Å². The Kier molecular flexibility index (Phi) is 4.68. The number of allylic oxidation sites excluding steroid dienone is 1. The van der Waals surface area contributed by atoms with Gasteiger partial charge in [0.2, 0.25) is 0 Å². The number of anilines is 2. The molecule has 2 aromatic rings. The highest BCUT2D eigenvalue weighted by atomic mass is 35.5. The lowest BCUT2D eigenvalue weighted by Crippen LogP contribution is -2.28. The Hall–Kier alpha value is -2.26. The molecule has 0 N–H and O–H groups in total. The molecule has 0 saturated carbocycles. The molecule has 1 aliphatic heterocycles. The molecule has 0 saturated heterocycles. The van der Waals surface area contributed by atoms with E-state index in [0.717, 1.165) is 35.3 Å². The van der Waals surface area contributed by atoms with E-state index in [9.17, 15) is 0 Å². The highest BCUT2D eigenvalue weighted by Crippen LogP contribution is 2.42. The fourth-order valence-corrected chi connectivity index (χ4v) is 3.05. The van der Waals surface area contributed by atoms with E-state index in [1.165, 1.54) is 5.69 Å². The lowest BCUT2D eigenvalue weighted by molar-refractivity contribution is 0.901. The molecule has 1 heterocycles. The predicted molar refractivity (Wildman–Crippen MR) is 100 cm³/mol. The van der Waals surface area contributed by atoms with E-state index < -0.39 is 0 Å². The van der Waals surface area contributed by atoms with Gasteiger partial charge in [0.1, 0.15) is 5.82 Å². The maximum atomic E-state index is 6.18. The summed E-state index contributed by atoms with van der Waals surface area (Å²) in [6.45, 7) is 6.08. The quantitative estimate of drug-likeness (QED) is 0.715. The first-order valence-corrected chi connectivity index (χ1v) is 8.26. The Labute approximate surface area is 142 Å². The molecular formula is C19H20ClN3. The first kappa shape index (κ1) is 15.6. The summed E-state index contributed by atoms with van der Waals surface area (Å²) in [6.07, 6.45) is 3.93. The predicted octanol–water partition coefficient (Wildman–Crippen LogP) is 5.25. The lowest BCUT2D eigenvalue weighted by atomic mass is 10.2. The van der Waals surface area contributed by atoms with Crippen molar-refractivity contribution in [2.24, 2.45) is 4.99 Å². The summed E-state index contributed by atoms with van der Waals surface area (Å²) in [5, 5.41) is 0.762. The summed E-state index contributed by atoms with van der Waals surface area (Å²) in [5.74, 6) is 1.13. The van der Waals surface area contributed by atoms with Gasteiger partial charge in [0.25, 0.3) is 0 Å². The van der Waals surface area contributed by atoms with Crippen LogP contribution in [0.2, 0.25) is 5.02 Å². The lowest BCUT2D eigenvalue weighted by Gasteiger charge is -2.22. The summed E-state index contributed by atoms with van der Waals surface area (Å²) < 4.78 is 0. The Morgan fingerprint density at radius 3 is 2.35 bits per heavy atom. The van der Waals surface area contributed by atoms with Crippen molar-refractivity contribution in [2.75, 3.05) is 22.9 Å². The van der Waals surface area contributed by atoms with Crippen LogP contribution in [0.3, 0.4) is 0 Å². The van der Waals surface area contributed by atoms with Crippen LogP contribution in [0.15, 0.2) is 65.4 Å². The third-order valence-electron chi connectivity index (χ3n) is 3.91. The zero-order valence-corrected chi connectivity index (χ0v) is 14.2. The zero-order chi connectivity index (χ0) is 16.2. The van der Waals surface area contributed by atoms with Crippen molar-refractivity contribution in [3.05, 3.63) is 65.5 Å². The number of benzene rings is 2. The van der Waals surface area contributed by atoms with Crippen molar-refractivity contribution in [1.82, 2.24) is 0 Å². The molecule has 0 atom stereocenters. The number of halogens is 1. The normalized spacial score (nSPS) is 15.7. The van der Waals surface area contributed by atoms with Crippen molar-refractivity contribution in [3.8, 4) is 0 Å². The van der Waals surface area contributed by atoms with Crippen LogP contribution in [-0.4, -0.2) is 19.3 Å². The van der Waals surface area contributed by atoms with Crippen molar-refractivity contribution in [1.29, 1.82) is 0 Å². The van der Waals surface area contributed by atoms with E-state index in [1.807, 2.05) is 48.7 Å². The summed E-state index contributed by atoms with van der Waals surface area (Å²) >= 11 is 6.18. The van der Waals surface area contributed by atoms with E-state index in [-0.39, 0.29) is 0 Å². The molecule has 0 aromatic heterocycles. The number of para-hydroxylation sites is 1. The van der Waals surface area contributed by atoms with E-state index in [1.54, 1.807) is 0 Å². The van der Waals surface area contributed by atoms with Gasteiger partial charge in [-0.3, -0.25) is 4.99 Å². The van der Waals surface area contributed by atoms with Gasteiger partial charge in [-0.2, -0.15) is 0 Å². The summed E-state index contributed by atoms with van der Waals surface area (Å²) in [6, 6.07) is 16.0. The molecule has 0 amide bonds. The second-order valence-electron chi connectivity index (χ2n) is 5.26. The van der Waals surface area contributed by atoms with Crippen molar-refractivity contribution in [2.45, 2.75) is 13.8 Å². The largest absolute Gasteiger partial charge is 0.326 e. The highest BCUT2D eigenvalue weighted by Gasteiger charge is 2.28. The van der Waals surface area contributed by atoms with Crippen LogP contribution in [0, 0.1) is 0 Å². The van der Waals surface area contributed by atoms with Gasteiger partial charge in [-0.1, -0.05) is 29.8 Å². The zero-order valence-electron chi connectivity index (χ0n) is 13.4. The Bertz CT molecular complexity index is 738. The van der Waals surface area contributed by atoms with Gasteiger partial charge in [0.15, 0.2) is 0 Å². The number of aliphatic imine (C=N–C) groups is 1. The van der Waals surface area contributed by atoms with Gasteiger partial charge in [0, 0.05) is 24.3 Å². The third-order valence-corrected chi connectivity index (χ3v) is 4.14. The molecule has 0 radical (unpaired) electrons. The number of nitrogens with zero attached hydrogens (tertiary/aromatic N) is 3. The van der Waals surface area contributed by atoms with Crippen LogP contribution in [0.25, 0.3) is 0 Å². The molecule has 4 heteroatoms. The molecule has 0 bridgehead atoms. The summed E-state index contributed by atoms with van der Waals surface area (Å²) in [5.41, 5.74) is 3.30. The van der Waals surface area contributed by atoms with E-state index in [2.05, 4.69) is 40.8 Å². The fourth-order valence-electron chi connectivity index (χ4n) is 2.88. The number of rotatable bonds is 4. The average Bonchev–Trinajstić information content (AvgIpc) is 2.87. The highest BCUT2D eigenvalue weighted by molar-refractivity contribution is 6.31. The minimum absolute atomic E-state index is 0.762. The Morgan fingerprint density at radius 1 is 0.957 bits per heavy atom. The third kappa shape index (κ3) is 3.10. The van der Waals surface area contributed by atoms with Gasteiger partial charge >= 0.3 is 0 Å². The molecule has 0 unspecified atom stereocenters. The fraction of sp³-hybridized carbons (Fsp3) is 0.211. The van der Waals surface area contributed by atoms with Crippen molar-refractivity contribution < 1.29 is 0 Å². The second kappa shape index (κ2) is 6.88. The first-order valence-electron chi connectivity index (χ1n) is 7.88. The van der Waals surface area contributed by atoms with Gasteiger partial charge in [-0.25, -0.2) is 0 Å². The van der Waals surface area contributed by atoms with Gasteiger partial charge in [0.05, 0.1) is 17.1 Å². The molecule has 118 valence electrons. The minimum Gasteiger partial charge on any atom is -0.326 e. The van der Waals surface area contributed by atoms with Crippen LogP contribution in [-0.2, 0) is 0 Å². The number of fused-ring (bicyclic) bond motifs is 1. The average molecular weight is 326 g/mol. The van der Waals surface area contributed by atoms with Crippen LogP contribution in [0.4, 0.5) is 17.1 Å². The maximum Gasteiger partial charge on any atom is 0.115 e. The Balaban J connectivity index is 1.94. The molecule has 0 aliphatic carbocycles. The SMILES string of the molecule is CCN1/C(=C\C=Nc2ccccc2)N(CC)c2cc(Cl)ccc21. The molecule has 3 nitrogen and oxygen atoms in total. The van der Waals surface area contributed by atoms with E-state index in [0.29, 0.717) is 0 Å². The molecule has 3 rings (SSSR count). The molecule has 2 aromatic carbocycles. The molecule has 23 heavy (non-hydrogen) atoms. The van der Waals surface area contributed by atoms with Crippen LogP contribution < -0.4 is 9.80 Å².